The smallest absolute Gasteiger partial charge is 0.266 e. The summed E-state index contributed by atoms with van der Waals surface area (Å²) in [6.45, 7) is 5.18. The second-order valence-corrected chi connectivity index (χ2v) is 6.75. The average Bonchev–Trinajstić information content (AvgIpc) is 3.23. The first kappa shape index (κ1) is 16.6. The van der Waals surface area contributed by atoms with Crippen molar-refractivity contribution >= 4 is 17.6 Å². The lowest BCUT2D eigenvalue weighted by atomic mass is 10.2. The highest BCUT2D eigenvalue weighted by Gasteiger charge is 2.33. The minimum atomic E-state index is -0.251. The second kappa shape index (κ2) is 6.44. The zero-order valence-electron chi connectivity index (χ0n) is 14.9. The average molecular weight is 355 g/mol. The molecule has 4 rings (SSSR count). The Morgan fingerprint density at radius 2 is 2.23 bits per heavy atom. The van der Waals surface area contributed by atoms with E-state index in [1.165, 1.54) is 4.90 Å². The van der Waals surface area contributed by atoms with E-state index in [-0.39, 0.29) is 31.0 Å². The number of carbonyl (C=O) groups excluding carboxylic acids is 2. The summed E-state index contributed by atoms with van der Waals surface area (Å²) in [5, 5.41) is 4.53. The van der Waals surface area contributed by atoms with Gasteiger partial charge in [0.05, 0.1) is 11.7 Å². The van der Waals surface area contributed by atoms with Crippen molar-refractivity contribution in [2.75, 3.05) is 31.1 Å². The van der Waals surface area contributed by atoms with Crippen LogP contribution in [0.2, 0.25) is 0 Å². The zero-order chi connectivity index (χ0) is 18.3. The van der Waals surface area contributed by atoms with Crippen LogP contribution in [-0.2, 0) is 9.59 Å². The lowest BCUT2D eigenvalue weighted by Gasteiger charge is -2.29. The van der Waals surface area contributed by atoms with E-state index >= 15 is 0 Å². The van der Waals surface area contributed by atoms with Crippen molar-refractivity contribution in [1.29, 1.82) is 0 Å². The van der Waals surface area contributed by atoms with Crippen LogP contribution < -0.4 is 9.64 Å². The van der Waals surface area contributed by atoms with Crippen molar-refractivity contribution in [3.05, 3.63) is 35.8 Å². The number of likely N-dealkylation sites (tertiary alicyclic amines) is 1. The summed E-state index contributed by atoms with van der Waals surface area (Å²) in [7, 11) is 0. The summed E-state index contributed by atoms with van der Waals surface area (Å²) >= 11 is 0. The van der Waals surface area contributed by atoms with E-state index in [4.69, 9.17) is 4.74 Å². The number of pyridine rings is 1. The maximum Gasteiger partial charge on any atom is 0.266 e. The molecule has 2 amide bonds. The molecule has 0 bridgehead atoms. The van der Waals surface area contributed by atoms with Crippen molar-refractivity contribution in [2.24, 2.45) is 0 Å². The Bertz CT molecular complexity index is 862. The third-order valence-electron chi connectivity index (χ3n) is 4.86. The monoisotopic (exact) mass is 355 g/mol. The molecule has 2 aromatic heterocycles. The van der Waals surface area contributed by atoms with Crippen molar-refractivity contribution in [1.82, 2.24) is 19.7 Å². The Balaban J connectivity index is 1.46. The first-order valence-corrected chi connectivity index (χ1v) is 8.71. The van der Waals surface area contributed by atoms with E-state index in [9.17, 15) is 9.59 Å². The molecule has 2 aliphatic rings. The number of hydrogen-bond donors (Lipinski definition) is 0. The predicted molar refractivity (Wildman–Crippen MR) is 94.0 cm³/mol. The van der Waals surface area contributed by atoms with Crippen LogP contribution in [0, 0.1) is 13.8 Å². The molecule has 1 saturated heterocycles. The highest BCUT2D eigenvalue weighted by molar-refractivity contribution is 6.01. The number of aryl methyl sites for hydroxylation is 2. The zero-order valence-corrected chi connectivity index (χ0v) is 14.9. The van der Waals surface area contributed by atoms with E-state index in [1.54, 1.807) is 23.2 Å². The molecule has 26 heavy (non-hydrogen) atoms. The Morgan fingerprint density at radius 3 is 3.00 bits per heavy atom. The van der Waals surface area contributed by atoms with Crippen molar-refractivity contribution in [3.8, 4) is 5.75 Å². The first-order valence-electron chi connectivity index (χ1n) is 8.71. The summed E-state index contributed by atoms with van der Waals surface area (Å²) in [5.41, 5.74) is 2.08. The Labute approximate surface area is 151 Å². The Morgan fingerprint density at radius 1 is 1.38 bits per heavy atom. The number of ether oxygens (including phenoxy) is 1. The molecule has 136 valence electrons. The highest BCUT2D eigenvalue weighted by Crippen LogP contribution is 2.29. The fourth-order valence-electron chi connectivity index (χ4n) is 3.62. The van der Waals surface area contributed by atoms with Crippen LogP contribution in [0.1, 0.15) is 23.9 Å². The van der Waals surface area contributed by atoms with E-state index in [0.717, 1.165) is 17.8 Å². The van der Waals surface area contributed by atoms with Crippen LogP contribution in [-0.4, -0.2) is 57.7 Å². The van der Waals surface area contributed by atoms with Crippen LogP contribution >= 0.6 is 0 Å². The van der Waals surface area contributed by atoms with Crippen molar-refractivity contribution < 1.29 is 14.3 Å². The Kier molecular flexibility index (Phi) is 4.10. The number of nitrogens with zero attached hydrogens (tertiary/aromatic N) is 5. The number of aromatic nitrogens is 3. The van der Waals surface area contributed by atoms with E-state index in [0.29, 0.717) is 24.7 Å². The standard InChI is InChI=1S/C18H21N5O3/c1-12-8-13(2)23(20-12)14-5-7-21(9-14)16(24)10-22-17(25)11-26-15-4-3-6-19-18(15)22/h3-4,6,8,14H,5,7,9-11H2,1-2H3/t14-/m0/s1. The van der Waals surface area contributed by atoms with Crippen molar-refractivity contribution in [3.63, 3.8) is 0 Å². The van der Waals surface area contributed by atoms with Gasteiger partial charge in [0, 0.05) is 25.0 Å². The maximum absolute atomic E-state index is 12.8. The quantitative estimate of drug-likeness (QED) is 0.823. The van der Waals surface area contributed by atoms with Crippen LogP contribution in [0.3, 0.4) is 0 Å². The van der Waals surface area contributed by atoms with Gasteiger partial charge in [-0.15, -0.1) is 0 Å². The SMILES string of the molecule is Cc1cc(C)n([C@H]2CCN(C(=O)CN3C(=O)COc4cccnc43)C2)n1. The molecule has 0 aliphatic carbocycles. The van der Waals surface area contributed by atoms with Gasteiger partial charge in [0.1, 0.15) is 6.54 Å². The molecule has 0 saturated carbocycles. The van der Waals surface area contributed by atoms with Gasteiger partial charge in [0.2, 0.25) is 5.91 Å². The summed E-state index contributed by atoms with van der Waals surface area (Å²) in [6.07, 6.45) is 2.45. The molecular weight excluding hydrogens is 334 g/mol. The van der Waals surface area contributed by atoms with Gasteiger partial charge in [-0.2, -0.15) is 5.10 Å². The molecule has 0 radical (unpaired) electrons. The number of fused-ring (bicyclic) bond motifs is 1. The highest BCUT2D eigenvalue weighted by atomic mass is 16.5. The number of rotatable bonds is 3. The first-order chi connectivity index (χ1) is 12.5. The van der Waals surface area contributed by atoms with Crippen LogP contribution in [0.15, 0.2) is 24.4 Å². The van der Waals surface area contributed by atoms with Crippen LogP contribution in [0.25, 0.3) is 0 Å². The van der Waals surface area contributed by atoms with Gasteiger partial charge in [-0.3, -0.25) is 19.2 Å². The molecule has 0 spiro atoms. The van der Waals surface area contributed by atoms with Gasteiger partial charge in [0.25, 0.3) is 5.91 Å². The topological polar surface area (TPSA) is 80.6 Å². The number of amides is 2. The molecule has 2 aromatic rings. The fraction of sp³-hybridized carbons (Fsp3) is 0.444. The molecule has 1 fully saturated rings. The summed E-state index contributed by atoms with van der Waals surface area (Å²) < 4.78 is 7.37. The van der Waals surface area contributed by atoms with Crippen molar-refractivity contribution in [2.45, 2.75) is 26.3 Å². The summed E-state index contributed by atoms with van der Waals surface area (Å²) in [4.78, 5) is 32.4. The van der Waals surface area contributed by atoms with Crippen LogP contribution in [0.4, 0.5) is 5.82 Å². The van der Waals surface area contributed by atoms with Gasteiger partial charge < -0.3 is 9.64 Å². The number of carbonyl (C=O) groups is 2. The molecule has 0 unspecified atom stereocenters. The van der Waals surface area contributed by atoms with Gasteiger partial charge in [-0.25, -0.2) is 4.98 Å². The lowest BCUT2D eigenvalue weighted by molar-refractivity contribution is -0.131. The Hall–Kier alpha value is -2.90. The van der Waals surface area contributed by atoms with Gasteiger partial charge >= 0.3 is 0 Å². The molecule has 0 aromatic carbocycles. The molecule has 1 atom stereocenters. The van der Waals surface area contributed by atoms with Gasteiger partial charge in [0.15, 0.2) is 18.2 Å². The second-order valence-electron chi connectivity index (χ2n) is 6.75. The number of hydrogen-bond acceptors (Lipinski definition) is 5. The largest absolute Gasteiger partial charge is 0.480 e. The summed E-state index contributed by atoms with van der Waals surface area (Å²) in [6, 6.07) is 5.72. The third-order valence-corrected chi connectivity index (χ3v) is 4.86. The van der Waals surface area contributed by atoms with Gasteiger partial charge in [-0.05, 0) is 38.5 Å². The molecule has 8 heteroatoms. The molecule has 2 aliphatic heterocycles. The number of anilines is 1. The molecular formula is C18H21N5O3. The predicted octanol–water partition coefficient (Wildman–Crippen LogP) is 1.09. The van der Waals surface area contributed by atoms with E-state index < -0.39 is 0 Å². The molecule has 8 nitrogen and oxygen atoms in total. The third kappa shape index (κ3) is 2.91. The normalized spacial score (nSPS) is 19.5. The molecule has 4 heterocycles. The fourth-order valence-corrected chi connectivity index (χ4v) is 3.62. The van der Waals surface area contributed by atoms with E-state index in [2.05, 4.69) is 10.1 Å². The lowest BCUT2D eigenvalue weighted by Crippen LogP contribution is -2.46. The van der Waals surface area contributed by atoms with Crippen LogP contribution in [0.5, 0.6) is 5.75 Å². The minimum Gasteiger partial charge on any atom is -0.480 e. The van der Waals surface area contributed by atoms with E-state index in [1.807, 2.05) is 24.6 Å². The summed E-state index contributed by atoms with van der Waals surface area (Å²) in [5.74, 6) is 0.605. The maximum atomic E-state index is 12.8. The van der Waals surface area contributed by atoms with Gasteiger partial charge in [-0.1, -0.05) is 0 Å². The minimum absolute atomic E-state index is 0.0178. The molecule has 0 N–H and O–H groups in total.